The number of nitrogens with one attached hydrogen (secondary N) is 3. The predicted octanol–water partition coefficient (Wildman–Crippen LogP) is 1.11. The molecule has 5 rings (SSSR count). The molecule has 0 radical (unpaired) electrons. The van der Waals surface area contributed by atoms with Crippen molar-refractivity contribution < 1.29 is 29.7 Å². The van der Waals surface area contributed by atoms with Crippen molar-refractivity contribution in [3.63, 3.8) is 0 Å². The number of fused-ring (bicyclic) bond motifs is 2. The van der Waals surface area contributed by atoms with Crippen molar-refractivity contribution in [1.29, 1.82) is 5.26 Å². The molecule has 3 heterocycles. The minimum atomic E-state index is -1.49. The number of piperidine rings is 1. The first-order valence-corrected chi connectivity index (χ1v) is 14.4. The number of rotatable bonds is 6. The van der Waals surface area contributed by atoms with Crippen molar-refractivity contribution in [1.82, 2.24) is 30.6 Å². The summed E-state index contributed by atoms with van der Waals surface area (Å²) in [5, 5.41) is 51.7. The lowest BCUT2D eigenvalue weighted by molar-refractivity contribution is -0.139. The number of carboxylic acid groups (broad SMARTS) is 1. The van der Waals surface area contributed by atoms with Crippen LogP contribution in [0.3, 0.4) is 0 Å². The van der Waals surface area contributed by atoms with Crippen LogP contribution in [0, 0.1) is 11.5 Å². The third-order valence-corrected chi connectivity index (χ3v) is 8.25. The van der Waals surface area contributed by atoms with Crippen LogP contribution in [0.15, 0.2) is 35.5 Å². The average molecular weight is 643 g/mol. The number of benzene rings is 2. The van der Waals surface area contributed by atoms with Gasteiger partial charge in [0, 0.05) is 50.1 Å². The summed E-state index contributed by atoms with van der Waals surface area (Å²) in [6.07, 6.45) is 2.03. The molecule has 0 bridgehead atoms. The SMILES string of the molecule is N#C/N=C(\NC[C@H](NC(=O)c1c(Cl)cc2c(c1Cl)CCN(C(=O)c1ccc3cn[nH]c3c1)C2)C(=O)O)N1C[C@H](O)C[C@@H](O)C1. The number of aliphatic hydroxyl groups excluding tert-OH is 2. The number of aliphatic carboxylic acids is 1. The van der Waals surface area contributed by atoms with E-state index in [4.69, 9.17) is 28.5 Å². The molecule has 1 fully saturated rings. The van der Waals surface area contributed by atoms with Gasteiger partial charge in [0.05, 0.1) is 39.5 Å². The van der Waals surface area contributed by atoms with Gasteiger partial charge in [0.25, 0.3) is 11.8 Å². The number of β-amino-alcohol motifs (C(OH)–C–C–N with tert-alkyl or cyclic N) is 2. The lowest BCUT2D eigenvalue weighted by atomic mass is 9.96. The molecule has 44 heavy (non-hydrogen) atoms. The maximum absolute atomic E-state index is 13.3. The van der Waals surface area contributed by atoms with Gasteiger partial charge in [-0.3, -0.25) is 14.7 Å². The summed E-state index contributed by atoms with van der Waals surface area (Å²) in [7, 11) is 0. The molecule has 16 heteroatoms. The molecule has 2 aliphatic rings. The van der Waals surface area contributed by atoms with E-state index in [9.17, 15) is 29.7 Å². The Balaban J connectivity index is 1.28. The molecule has 3 aromatic rings. The van der Waals surface area contributed by atoms with Crippen LogP contribution in [-0.2, 0) is 17.8 Å². The first-order valence-electron chi connectivity index (χ1n) is 13.6. The fourth-order valence-corrected chi connectivity index (χ4v) is 6.16. The molecule has 1 saturated heterocycles. The van der Waals surface area contributed by atoms with Crippen LogP contribution in [0.4, 0.5) is 0 Å². The Morgan fingerprint density at radius 2 is 1.93 bits per heavy atom. The van der Waals surface area contributed by atoms with Gasteiger partial charge < -0.3 is 35.8 Å². The minimum Gasteiger partial charge on any atom is -0.480 e. The molecular weight excluding hydrogens is 615 g/mol. The molecule has 14 nitrogen and oxygen atoms in total. The number of aliphatic hydroxyl groups is 2. The molecule has 1 aromatic heterocycles. The van der Waals surface area contributed by atoms with Gasteiger partial charge in [-0.05, 0) is 35.7 Å². The monoisotopic (exact) mass is 642 g/mol. The predicted molar refractivity (Wildman–Crippen MR) is 159 cm³/mol. The Hall–Kier alpha value is -4.42. The molecule has 0 aliphatic carbocycles. The van der Waals surface area contributed by atoms with Crippen molar-refractivity contribution in [2.75, 3.05) is 26.2 Å². The fraction of sp³-hybridized carbons (Fsp3) is 0.357. The fourth-order valence-electron chi connectivity index (χ4n) is 5.40. The number of aromatic nitrogens is 2. The molecule has 3 atom stereocenters. The van der Waals surface area contributed by atoms with Crippen molar-refractivity contribution >= 4 is 57.8 Å². The zero-order chi connectivity index (χ0) is 31.5. The number of halogens is 2. The number of amides is 2. The normalized spacial score (nSPS) is 19.2. The first kappa shape index (κ1) is 31.0. The van der Waals surface area contributed by atoms with Gasteiger partial charge in [0.15, 0.2) is 0 Å². The number of guanidine groups is 1. The number of carbonyl (C=O) groups is 3. The summed E-state index contributed by atoms with van der Waals surface area (Å²) in [6, 6.07) is 5.33. The number of carboxylic acids is 1. The molecule has 0 spiro atoms. The Morgan fingerprint density at radius 1 is 1.18 bits per heavy atom. The quantitative estimate of drug-likeness (QED) is 0.128. The number of nitriles is 1. The van der Waals surface area contributed by atoms with Crippen molar-refractivity contribution in [3.8, 4) is 6.19 Å². The number of nitrogens with zero attached hydrogens (tertiary/aromatic N) is 5. The molecule has 2 aliphatic heterocycles. The highest BCUT2D eigenvalue weighted by molar-refractivity contribution is 6.40. The van der Waals surface area contributed by atoms with Crippen molar-refractivity contribution in [2.24, 2.45) is 4.99 Å². The van der Waals surface area contributed by atoms with E-state index < -0.39 is 30.1 Å². The third-order valence-electron chi connectivity index (χ3n) is 7.54. The van der Waals surface area contributed by atoms with Gasteiger partial charge in [-0.1, -0.05) is 29.3 Å². The average Bonchev–Trinajstić information content (AvgIpc) is 3.45. The van der Waals surface area contributed by atoms with Crippen LogP contribution in [0.25, 0.3) is 10.9 Å². The summed E-state index contributed by atoms with van der Waals surface area (Å²) >= 11 is 13.1. The number of H-pyrrole nitrogens is 1. The Kier molecular flexibility index (Phi) is 9.21. The Morgan fingerprint density at radius 3 is 2.64 bits per heavy atom. The number of aliphatic imine (C=N–C) groups is 1. The number of carbonyl (C=O) groups excluding carboxylic acids is 2. The van der Waals surface area contributed by atoms with E-state index in [1.165, 1.54) is 4.90 Å². The van der Waals surface area contributed by atoms with E-state index in [1.54, 1.807) is 35.5 Å². The van der Waals surface area contributed by atoms with Crippen LogP contribution in [0.5, 0.6) is 0 Å². The topological polar surface area (TPSA) is 207 Å². The van der Waals surface area contributed by atoms with Crippen molar-refractivity contribution in [3.05, 3.63) is 62.8 Å². The smallest absolute Gasteiger partial charge is 0.328 e. The Bertz CT molecular complexity index is 1680. The molecule has 230 valence electrons. The van der Waals surface area contributed by atoms with Crippen LogP contribution < -0.4 is 10.6 Å². The van der Waals surface area contributed by atoms with Crippen LogP contribution in [0.2, 0.25) is 10.0 Å². The molecule has 2 amide bonds. The van der Waals surface area contributed by atoms with Gasteiger partial charge in [0.1, 0.15) is 6.04 Å². The van der Waals surface area contributed by atoms with Gasteiger partial charge >= 0.3 is 5.97 Å². The van der Waals surface area contributed by atoms with E-state index in [0.29, 0.717) is 29.7 Å². The van der Waals surface area contributed by atoms with E-state index >= 15 is 0 Å². The lowest BCUT2D eigenvalue weighted by Gasteiger charge is -2.35. The summed E-state index contributed by atoms with van der Waals surface area (Å²) in [4.78, 5) is 45.3. The maximum Gasteiger partial charge on any atom is 0.328 e. The minimum absolute atomic E-state index is 0.0143. The van der Waals surface area contributed by atoms with Crippen LogP contribution in [-0.4, -0.2) is 103 Å². The van der Waals surface area contributed by atoms with Gasteiger partial charge in [0.2, 0.25) is 12.2 Å². The maximum atomic E-state index is 13.3. The largest absolute Gasteiger partial charge is 0.480 e. The second kappa shape index (κ2) is 13.1. The summed E-state index contributed by atoms with van der Waals surface area (Å²) in [5.74, 6) is -2.45. The third kappa shape index (κ3) is 6.56. The number of hydrogen-bond acceptors (Lipinski definition) is 8. The Labute approximate surface area is 260 Å². The zero-order valence-corrected chi connectivity index (χ0v) is 24.6. The van der Waals surface area contributed by atoms with Crippen LogP contribution in [0.1, 0.15) is 38.3 Å². The second-order valence-electron chi connectivity index (χ2n) is 10.6. The molecule has 2 aromatic carbocycles. The summed E-state index contributed by atoms with van der Waals surface area (Å²) in [6.45, 7) is 0.290. The summed E-state index contributed by atoms with van der Waals surface area (Å²) < 4.78 is 0. The van der Waals surface area contributed by atoms with E-state index in [0.717, 1.165) is 10.9 Å². The standard InChI is InChI=1S/C28H28Cl2N8O6/c29-20-5-16-10-37(26(42)14-1-2-15-8-34-36-21(15)6-14)4-3-19(16)24(30)23(20)25(41)35-22(27(43)44)9-32-28(33-13-31)38-11-17(39)7-18(40)12-38/h1-2,5-6,8,17-18,22,39-40H,3-4,7,9-12H2,(H,32,33)(H,34,36)(H,35,41)(H,43,44)/t17-,18-,22+/m1/s1. The highest BCUT2D eigenvalue weighted by Crippen LogP contribution is 2.35. The highest BCUT2D eigenvalue weighted by atomic mass is 35.5. The van der Waals surface area contributed by atoms with E-state index in [1.807, 2.05) is 6.07 Å². The lowest BCUT2D eigenvalue weighted by Crippen LogP contribution is -2.55. The molecule has 0 saturated carbocycles. The number of likely N-dealkylation sites (tertiary alicyclic amines) is 1. The van der Waals surface area contributed by atoms with E-state index in [2.05, 4.69) is 25.8 Å². The number of hydrogen-bond donors (Lipinski definition) is 6. The van der Waals surface area contributed by atoms with Gasteiger partial charge in [-0.2, -0.15) is 10.4 Å². The van der Waals surface area contributed by atoms with E-state index in [-0.39, 0.29) is 60.1 Å². The number of aromatic amines is 1. The van der Waals surface area contributed by atoms with Crippen molar-refractivity contribution in [2.45, 2.75) is 37.6 Å². The van der Waals surface area contributed by atoms with Crippen LogP contribution >= 0.6 is 23.2 Å². The van der Waals surface area contributed by atoms with Gasteiger partial charge in [-0.25, -0.2) is 4.79 Å². The molecule has 0 unspecified atom stereocenters. The second-order valence-corrected chi connectivity index (χ2v) is 11.3. The summed E-state index contributed by atoms with van der Waals surface area (Å²) in [5.41, 5.74) is 2.42. The molecular formula is C28H28Cl2N8O6. The first-order chi connectivity index (χ1) is 21.0. The zero-order valence-electron chi connectivity index (χ0n) is 23.1. The highest BCUT2D eigenvalue weighted by Gasteiger charge is 2.31. The molecule has 6 N–H and O–H groups in total. The van der Waals surface area contributed by atoms with Gasteiger partial charge in [-0.15, -0.1) is 4.99 Å².